The Morgan fingerprint density at radius 1 is 1.03 bits per heavy atom. The molecule has 0 aromatic heterocycles. The molecule has 0 saturated heterocycles. The number of nitrogens with zero attached hydrogens (tertiary/aromatic N) is 1. The Balaban J connectivity index is 1.77. The number of nitrogens with one attached hydrogen (secondary N) is 2. The van der Waals surface area contributed by atoms with Crippen LogP contribution < -0.4 is 20.1 Å². The second-order valence-electron chi connectivity index (χ2n) is 8.05. The fourth-order valence-electron chi connectivity index (χ4n) is 3.43. The maximum atomic E-state index is 12.6. The zero-order valence-electron chi connectivity index (χ0n) is 20.5. The number of aryl methyl sites for hydroxylation is 2. The second kappa shape index (κ2) is 12.8. The van der Waals surface area contributed by atoms with E-state index in [1.165, 1.54) is 12.1 Å². The molecule has 0 saturated carbocycles. The Kier molecular flexibility index (Phi) is 9.56. The summed E-state index contributed by atoms with van der Waals surface area (Å²) in [7, 11) is 0. The summed E-state index contributed by atoms with van der Waals surface area (Å²) in [6.45, 7) is 5.67. The number of amides is 2. The number of rotatable bonds is 9. The van der Waals surface area contributed by atoms with Gasteiger partial charge in [0, 0.05) is 16.4 Å². The van der Waals surface area contributed by atoms with Crippen molar-refractivity contribution in [3.8, 4) is 17.6 Å². The van der Waals surface area contributed by atoms with E-state index < -0.39 is 5.91 Å². The van der Waals surface area contributed by atoms with E-state index in [1.807, 2.05) is 38.1 Å². The minimum absolute atomic E-state index is 0.153. The molecule has 0 aliphatic carbocycles. The monoisotopic (exact) mass is 537 g/mol. The third kappa shape index (κ3) is 7.74. The van der Waals surface area contributed by atoms with E-state index in [0.717, 1.165) is 11.1 Å². The van der Waals surface area contributed by atoms with E-state index in [-0.39, 0.29) is 34.6 Å². The molecule has 0 fully saturated rings. The van der Waals surface area contributed by atoms with Crippen molar-refractivity contribution in [2.24, 2.45) is 0 Å². The fourth-order valence-corrected chi connectivity index (χ4v) is 3.90. The number of benzene rings is 3. The van der Waals surface area contributed by atoms with Gasteiger partial charge >= 0.3 is 0 Å². The van der Waals surface area contributed by atoms with Gasteiger partial charge in [-0.15, -0.1) is 0 Å². The Morgan fingerprint density at radius 3 is 2.49 bits per heavy atom. The average Bonchev–Trinajstić information content (AvgIpc) is 2.84. The van der Waals surface area contributed by atoms with Crippen molar-refractivity contribution in [2.45, 2.75) is 20.8 Å². The highest BCUT2D eigenvalue weighted by molar-refractivity contribution is 6.32. The van der Waals surface area contributed by atoms with Crippen LogP contribution in [0.2, 0.25) is 10.0 Å². The molecule has 3 rings (SSSR count). The second-order valence-corrected chi connectivity index (χ2v) is 8.90. The maximum Gasteiger partial charge on any atom is 0.266 e. The van der Waals surface area contributed by atoms with Gasteiger partial charge in [0.25, 0.3) is 11.8 Å². The lowest BCUT2D eigenvalue weighted by Gasteiger charge is -2.15. The van der Waals surface area contributed by atoms with Crippen LogP contribution in [0.3, 0.4) is 0 Å². The number of halogens is 2. The minimum atomic E-state index is -0.609. The minimum Gasteiger partial charge on any atom is -0.490 e. The van der Waals surface area contributed by atoms with Crippen molar-refractivity contribution in [1.82, 2.24) is 0 Å². The third-order valence-corrected chi connectivity index (χ3v) is 5.61. The highest BCUT2D eigenvalue weighted by Crippen LogP contribution is 2.37. The SMILES string of the molecule is CCOc1cc(/C=C(/C#N)C(=O)Nc2cccc(Cl)c2)cc(Cl)c1OCC(=O)Nc1ccc(C)cc1C. The van der Waals surface area contributed by atoms with Gasteiger partial charge in [0.15, 0.2) is 18.1 Å². The summed E-state index contributed by atoms with van der Waals surface area (Å²) in [5.74, 6) is -0.521. The molecule has 0 radical (unpaired) electrons. The summed E-state index contributed by atoms with van der Waals surface area (Å²) in [5.41, 5.74) is 3.46. The van der Waals surface area contributed by atoms with E-state index in [2.05, 4.69) is 10.6 Å². The summed E-state index contributed by atoms with van der Waals surface area (Å²) in [5, 5.41) is 15.6. The molecule has 0 spiro atoms. The average molecular weight is 538 g/mol. The van der Waals surface area contributed by atoms with Crippen LogP contribution in [0.1, 0.15) is 23.6 Å². The van der Waals surface area contributed by atoms with Crippen LogP contribution in [0.4, 0.5) is 11.4 Å². The third-order valence-electron chi connectivity index (χ3n) is 5.09. The predicted molar refractivity (Wildman–Crippen MR) is 146 cm³/mol. The Bertz CT molecular complexity index is 1400. The molecule has 3 aromatic rings. The smallest absolute Gasteiger partial charge is 0.266 e. The number of nitriles is 1. The van der Waals surface area contributed by atoms with Crippen molar-refractivity contribution in [2.75, 3.05) is 23.8 Å². The van der Waals surface area contributed by atoms with Crippen LogP contribution in [0, 0.1) is 25.2 Å². The number of hydrogen-bond acceptors (Lipinski definition) is 5. The van der Waals surface area contributed by atoms with Crippen molar-refractivity contribution in [3.05, 3.63) is 86.9 Å². The van der Waals surface area contributed by atoms with Gasteiger partial charge in [0.05, 0.1) is 11.6 Å². The molecular weight excluding hydrogens is 513 g/mol. The van der Waals surface area contributed by atoms with E-state index in [4.69, 9.17) is 32.7 Å². The van der Waals surface area contributed by atoms with Crippen molar-refractivity contribution in [1.29, 1.82) is 5.26 Å². The molecule has 0 aliphatic heterocycles. The van der Waals surface area contributed by atoms with E-state index in [0.29, 0.717) is 28.6 Å². The van der Waals surface area contributed by atoms with E-state index in [1.54, 1.807) is 37.3 Å². The molecule has 0 heterocycles. The topological polar surface area (TPSA) is 100 Å². The number of ether oxygens (including phenoxy) is 2. The van der Waals surface area contributed by atoms with Crippen LogP contribution in [-0.2, 0) is 9.59 Å². The normalized spacial score (nSPS) is 10.9. The van der Waals surface area contributed by atoms with E-state index >= 15 is 0 Å². The Labute approximate surface area is 225 Å². The lowest BCUT2D eigenvalue weighted by molar-refractivity contribution is -0.118. The van der Waals surface area contributed by atoms with Gasteiger partial charge in [-0.25, -0.2) is 0 Å². The van der Waals surface area contributed by atoms with Crippen LogP contribution >= 0.6 is 23.2 Å². The fraction of sp³-hybridized carbons (Fsp3) is 0.179. The standard InChI is InChI=1S/C28H25Cl2N3O4/c1-4-36-25-13-19(11-20(15-31)28(35)32-22-7-5-6-21(29)14-22)12-23(30)27(25)37-16-26(34)33-24-9-8-17(2)10-18(24)3/h5-14H,4,16H2,1-3H3,(H,32,35)(H,33,34)/b20-11-. The van der Waals surface area contributed by atoms with Gasteiger partial charge in [0.1, 0.15) is 11.6 Å². The molecule has 2 N–H and O–H groups in total. The van der Waals surface area contributed by atoms with Gasteiger partial charge in [-0.1, -0.05) is 47.0 Å². The molecule has 0 aliphatic rings. The number of carbonyl (C=O) groups is 2. The Hall–Kier alpha value is -3.99. The molecule has 9 heteroatoms. The first-order chi connectivity index (χ1) is 17.7. The molecule has 2 amide bonds. The molecule has 3 aromatic carbocycles. The summed E-state index contributed by atoms with van der Waals surface area (Å²) in [6.07, 6.45) is 1.38. The van der Waals surface area contributed by atoms with Crippen molar-refractivity contribution < 1.29 is 19.1 Å². The quantitative estimate of drug-likeness (QED) is 0.237. The molecule has 0 atom stereocenters. The zero-order chi connectivity index (χ0) is 26.9. The lowest BCUT2D eigenvalue weighted by Crippen LogP contribution is -2.21. The largest absolute Gasteiger partial charge is 0.490 e. The van der Waals surface area contributed by atoms with Crippen LogP contribution in [-0.4, -0.2) is 25.0 Å². The molecule has 37 heavy (non-hydrogen) atoms. The van der Waals surface area contributed by atoms with Crippen molar-refractivity contribution in [3.63, 3.8) is 0 Å². The Morgan fingerprint density at radius 2 is 1.81 bits per heavy atom. The zero-order valence-corrected chi connectivity index (χ0v) is 22.0. The molecular formula is C28H25Cl2N3O4. The molecule has 190 valence electrons. The van der Waals surface area contributed by atoms with Gasteiger partial charge in [-0.3, -0.25) is 9.59 Å². The summed E-state index contributed by atoms with van der Waals surface area (Å²) in [4.78, 5) is 25.1. The highest BCUT2D eigenvalue weighted by atomic mass is 35.5. The first kappa shape index (κ1) is 27.6. The molecule has 0 unspecified atom stereocenters. The van der Waals surface area contributed by atoms with Gasteiger partial charge in [-0.05, 0) is 74.4 Å². The van der Waals surface area contributed by atoms with Crippen LogP contribution in [0.25, 0.3) is 6.08 Å². The summed E-state index contributed by atoms with van der Waals surface area (Å²) >= 11 is 12.4. The van der Waals surface area contributed by atoms with Crippen molar-refractivity contribution >= 4 is 52.5 Å². The first-order valence-electron chi connectivity index (χ1n) is 11.3. The number of carbonyl (C=O) groups excluding carboxylic acids is 2. The summed E-state index contributed by atoms with van der Waals surface area (Å²) < 4.78 is 11.4. The number of hydrogen-bond donors (Lipinski definition) is 2. The van der Waals surface area contributed by atoms with Crippen LogP contribution in [0.5, 0.6) is 11.5 Å². The van der Waals surface area contributed by atoms with Gasteiger partial charge in [-0.2, -0.15) is 5.26 Å². The lowest BCUT2D eigenvalue weighted by atomic mass is 10.1. The first-order valence-corrected chi connectivity index (χ1v) is 12.1. The van der Waals surface area contributed by atoms with Gasteiger partial charge < -0.3 is 20.1 Å². The van der Waals surface area contributed by atoms with Gasteiger partial charge in [0.2, 0.25) is 0 Å². The summed E-state index contributed by atoms with van der Waals surface area (Å²) in [6, 6.07) is 17.3. The predicted octanol–water partition coefficient (Wildman–Crippen LogP) is 6.57. The number of anilines is 2. The maximum absolute atomic E-state index is 12.6. The highest BCUT2D eigenvalue weighted by Gasteiger charge is 2.16. The van der Waals surface area contributed by atoms with Crippen LogP contribution in [0.15, 0.2) is 60.2 Å². The van der Waals surface area contributed by atoms with E-state index in [9.17, 15) is 14.9 Å². The molecule has 0 bridgehead atoms. The molecule has 7 nitrogen and oxygen atoms in total.